The van der Waals surface area contributed by atoms with Crippen LogP contribution < -0.4 is 10.1 Å². The van der Waals surface area contributed by atoms with Crippen molar-refractivity contribution in [1.29, 1.82) is 0 Å². The van der Waals surface area contributed by atoms with Gasteiger partial charge in [-0.25, -0.2) is 0 Å². The van der Waals surface area contributed by atoms with Crippen molar-refractivity contribution in [2.45, 2.75) is 46.3 Å². The van der Waals surface area contributed by atoms with Gasteiger partial charge in [0.1, 0.15) is 18.5 Å². The van der Waals surface area contributed by atoms with Gasteiger partial charge in [-0.2, -0.15) is 0 Å². The molecule has 0 spiro atoms. The van der Waals surface area contributed by atoms with E-state index >= 15 is 0 Å². The second kappa shape index (κ2) is 11.2. The van der Waals surface area contributed by atoms with Crippen molar-refractivity contribution in [1.82, 2.24) is 5.32 Å². The van der Waals surface area contributed by atoms with E-state index in [1.165, 1.54) is 6.92 Å². The predicted molar refractivity (Wildman–Crippen MR) is 91.1 cm³/mol. The van der Waals surface area contributed by atoms with E-state index in [-0.39, 0.29) is 12.4 Å². The number of aliphatic hydroxyl groups is 1. The van der Waals surface area contributed by atoms with E-state index in [1.807, 2.05) is 6.92 Å². The van der Waals surface area contributed by atoms with Crippen LogP contribution in [-0.2, 0) is 11.3 Å². The third-order valence-corrected chi connectivity index (χ3v) is 3.31. The van der Waals surface area contributed by atoms with Crippen LogP contribution in [0.25, 0.3) is 0 Å². The molecule has 0 saturated carbocycles. The van der Waals surface area contributed by atoms with Crippen LogP contribution in [0.5, 0.6) is 5.75 Å². The summed E-state index contributed by atoms with van der Waals surface area (Å²) in [4.78, 5) is 11.5. The maximum absolute atomic E-state index is 11.5. The topological polar surface area (TPSA) is 67.8 Å². The van der Waals surface area contributed by atoms with E-state index in [4.69, 9.17) is 9.47 Å². The highest BCUT2D eigenvalue weighted by atomic mass is 16.5. The maximum Gasteiger partial charge on any atom is 0.159 e. The summed E-state index contributed by atoms with van der Waals surface area (Å²) in [5, 5.41) is 13.1. The zero-order chi connectivity index (χ0) is 17.1. The molecule has 0 aliphatic heterocycles. The number of nitrogens with one attached hydrogen (secondary N) is 1. The molecule has 0 radical (unpaired) electrons. The lowest BCUT2D eigenvalue weighted by molar-refractivity contribution is 0.0976. The van der Waals surface area contributed by atoms with Gasteiger partial charge in [0.05, 0.1) is 6.61 Å². The van der Waals surface area contributed by atoms with E-state index in [0.29, 0.717) is 31.1 Å². The Balaban J connectivity index is 2.65. The lowest BCUT2D eigenvalue weighted by Crippen LogP contribution is -2.31. The molecule has 0 heterocycles. The van der Waals surface area contributed by atoms with Crippen LogP contribution in [0.3, 0.4) is 0 Å². The zero-order valence-electron chi connectivity index (χ0n) is 14.4. The molecule has 0 aliphatic carbocycles. The highest BCUT2D eigenvalue weighted by Gasteiger charge is 2.11. The normalized spacial score (nSPS) is 12.2. The van der Waals surface area contributed by atoms with Gasteiger partial charge in [-0.3, -0.25) is 4.79 Å². The minimum Gasteiger partial charge on any atom is -0.490 e. The fourth-order valence-electron chi connectivity index (χ4n) is 2.07. The van der Waals surface area contributed by atoms with Crippen molar-refractivity contribution >= 4 is 5.78 Å². The van der Waals surface area contributed by atoms with Gasteiger partial charge in [0, 0.05) is 24.3 Å². The quantitative estimate of drug-likeness (QED) is 0.457. The Labute approximate surface area is 139 Å². The first-order valence-electron chi connectivity index (χ1n) is 8.31. The molecular formula is C18H29NO4. The van der Waals surface area contributed by atoms with Gasteiger partial charge in [-0.05, 0) is 44.5 Å². The molecule has 5 heteroatoms. The molecular weight excluding hydrogens is 294 g/mol. The van der Waals surface area contributed by atoms with Crippen molar-refractivity contribution < 1.29 is 19.4 Å². The van der Waals surface area contributed by atoms with Crippen LogP contribution in [0, 0.1) is 0 Å². The number of carbonyl (C=O) groups is 1. The number of aliphatic hydroxyl groups excluding tert-OH is 1. The van der Waals surface area contributed by atoms with Crippen molar-refractivity contribution in [3.8, 4) is 5.75 Å². The number of hydrogen-bond acceptors (Lipinski definition) is 5. The van der Waals surface area contributed by atoms with Crippen molar-refractivity contribution in [3.63, 3.8) is 0 Å². The third kappa shape index (κ3) is 7.59. The zero-order valence-corrected chi connectivity index (χ0v) is 14.4. The van der Waals surface area contributed by atoms with Gasteiger partial charge in [-0.15, -0.1) is 0 Å². The first-order valence-corrected chi connectivity index (χ1v) is 8.31. The second-order valence-electron chi connectivity index (χ2n) is 5.60. The summed E-state index contributed by atoms with van der Waals surface area (Å²) < 4.78 is 11.3. The molecule has 130 valence electrons. The van der Waals surface area contributed by atoms with E-state index in [1.54, 1.807) is 18.2 Å². The van der Waals surface area contributed by atoms with Crippen molar-refractivity contribution in [2.24, 2.45) is 0 Å². The Bertz CT molecular complexity index is 476. The average molecular weight is 323 g/mol. The van der Waals surface area contributed by atoms with E-state index < -0.39 is 6.10 Å². The minimum absolute atomic E-state index is 0.0112. The maximum atomic E-state index is 11.5. The number of benzene rings is 1. The van der Waals surface area contributed by atoms with E-state index in [9.17, 15) is 9.90 Å². The fourth-order valence-corrected chi connectivity index (χ4v) is 2.07. The van der Waals surface area contributed by atoms with Gasteiger partial charge < -0.3 is 19.9 Å². The van der Waals surface area contributed by atoms with Crippen LogP contribution in [0.1, 0.15) is 49.5 Å². The summed E-state index contributed by atoms with van der Waals surface area (Å²) in [5.41, 5.74) is 1.47. The van der Waals surface area contributed by atoms with Crippen LogP contribution in [0.2, 0.25) is 0 Å². The first-order chi connectivity index (χ1) is 11.1. The SMILES string of the molecule is CCCNC[C@@H](O)COc1ccc(C(C)=O)cc1COCCC. The summed E-state index contributed by atoms with van der Waals surface area (Å²) in [6, 6.07) is 5.31. The predicted octanol–water partition coefficient (Wildman–Crippen LogP) is 2.56. The molecule has 1 rings (SSSR count). The summed E-state index contributed by atoms with van der Waals surface area (Å²) in [7, 11) is 0. The summed E-state index contributed by atoms with van der Waals surface area (Å²) in [6.07, 6.45) is 1.39. The van der Waals surface area contributed by atoms with E-state index in [0.717, 1.165) is 24.9 Å². The summed E-state index contributed by atoms with van der Waals surface area (Å²) in [5.74, 6) is 0.665. The van der Waals surface area contributed by atoms with E-state index in [2.05, 4.69) is 12.2 Å². The molecule has 23 heavy (non-hydrogen) atoms. The minimum atomic E-state index is -0.571. The second-order valence-corrected chi connectivity index (χ2v) is 5.60. The fraction of sp³-hybridized carbons (Fsp3) is 0.611. The van der Waals surface area contributed by atoms with Crippen molar-refractivity contribution in [2.75, 3.05) is 26.3 Å². The third-order valence-electron chi connectivity index (χ3n) is 3.31. The number of carbonyl (C=O) groups excluding carboxylic acids is 1. The Morgan fingerprint density at radius 1 is 1.30 bits per heavy atom. The molecule has 0 aromatic heterocycles. The molecule has 2 N–H and O–H groups in total. The van der Waals surface area contributed by atoms with Gasteiger partial charge in [0.2, 0.25) is 0 Å². The molecule has 0 aliphatic rings. The number of ether oxygens (including phenoxy) is 2. The van der Waals surface area contributed by atoms with Gasteiger partial charge in [0.15, 0.2) is 5.78 Å². The summed E-state index contributed by atoms with van der Waals surface area (Å²) >= 11 is 0. The molecule has 0 unspecified atom stereocenters. The largest absolute Gasteiger partial charge is 0.490 e. The Morgan fingerprint density at radius 2 is 2.09 bits per heavy atom. The average Bonchev–Trinajstić information content (AvgIpc) is 2.54. The van der Waals surface area contributed by atoms with Crippen LogP contribution in [0.15, 0.2) is 18.2 Å². The standard InChI is InChI=1S/C18H29NO4/c1-4-8-19-11-17(21)13-23-18-7-6-15(14(3)20)10-16(18)12-22-9-5-2/h6-7,10,17,19,21H,4-5,8-9,11-13H2,1-3H3/t17-/m1/s1. The Hall–Kier alpha value is -1.43. The molecule has 1 aromatic rings. The molecule has 0 amide bonds. The smallest absolute Gasteiger partial charge is 0.159 e. The molecule has 0 fully saturated rings. The van der Waals surface area contributed by atoms with Crippen LogP contribution >= 0.6 is 0 Å². The Kier molecular flexibility index (Phi) is 9.52. The molecule has 1 atom stereocenters. The Morgan fingerprint density at radius 3 is 2.74 bits per heavy atom. The van der Waals surface area contributed by atoms with Crippen LogP contribution in [0.4, 0.5) is 0 Å². The molecule has 0 bridgehead atoms. The lowest BCUT2D eigenvalue weighted by atomic mass is 10.1. The molecule has 1 aromatic carbocycles. The molecule has 0 saturated heterocycles. The van der Waals surface area contributed by atoms with Gasteiger partial charge in [-0.1, -0.05) is 13.8 Å². The monoisotopic (exact) mass is 323 g/mol. The van der Waals surface area contributed by atoms with Crippen molar-refractivity contribution in [3.05, 3.63) is 29.3 Å². The highest BCUT2D eigenvalue weighted by Crippen LogP contribution is 2.22. The first kappa shape index (κ1) is 19.6. The molecule has 5 nitrogen and oxygen atoms in total. The number of rotatable bonds is 12. The van der Waals surface area contributed by atoms with Crippen LogP contribution in [-0.4, -0.2) is 43.3 Å². The van der Waals surface area contributed by atoms with Gasteiger partial charge in [0.25, 0.3) is 0 Å². The van der Waals surface area contributed by atoms with Gasteiger partial charge >= 0.3 is 0 Å². The number of hydrogen-bond donors (Lipinski definition) is 2. The lowest BCUT2D eigenvalue weighted by Gasteiger charge is -2.16. The number of ketones is 1. The highest BCUT2D eigenvalue weighted by molar-refractivity contribution is 5.94. The number of Topliss-reactive ketones (excluding diaryl/α,β-unsaturated/α-hetero) is 1. The summed E-state index contributed by atoms with van der Waals surface area (Å²) in [6.45, 7) is 8.30.